The fraction of sp³-hybridized carbons (Fsp3) is 0.0625. The Morgan fingerprint density at radius 1 is 1.31 bits per heavy atom. The van der Waals surface area contributed by atoms with Gasteiger partial charge in [0.05, 0.1) is 12.4 Å². The van der Waals surface area contributed by atoms with Gasteiger partial charge in [-0.25, -0.2) is 9.97 Å². The summed E-state index contributed by atoms with van der Waals surface area (Å²) in [6, 6.07) is 8.27. The van der Waals surface area contributed by atoms with Crippen molar-refractivity contribution in [1.82, 2.24) is 19.7 Å². The molecule has 1 amide bonds. The van der Waals surface area contributed by atoms with E-state index in [0.717, 1.165) is 0 Å². The third kappa shape index (κ3) is 3.93. The molecule has 0 spiro atoms. The van der Waals surface area contributed by atoms with Crippen LogP contribution in [0.5, 0.6) is 11.6 Å². The highest BCUT2D eigenvalue weighted by molar-refractivity contribution is 6.04. The van der Waals surface area contributed by atoms with Crippen LogP contribution < -0.4 is 15.8 Å². The Morgan fingerprint density at radius 3 is 2.81 bits per heavy atom. The van der Waals surface area contributed by atoms with Gasteiger partial charge in [-0.3, -0.25) is 9.48 Å². The lowest BCUT2D eigenvalue weighted by Gasteiger charge is -2.07. The predicted molar refractivity (Wildman–Crippen MR) is 92.2 cm³/mol. The average molecular weight is 353 g/mol. The number of nitrogens with zero attached hydrogens (tertiary/aromatic N) is 5. The number of nitrogens with one attached hydrogen (secondary N) is 1. The van der Waals surface area contributed by atoms with Crippen molar-refractivity contribution in [3.63, 3.8) is 0 Å². The van der Waals surface area contributed by atoms with Gasteiger partial charge in [0.1, 0.15) is 11.4 Å². The number of benzene rings is 1. The van der Waals surface area contributed by atoms with Crippen LogP contribution in [0.2, 0.25) is 0 Å². The highest BCUT2D eigenvalue weighted by Gasteiger charge is 2.10. The first-order valence-electron chi connectivity index (χ1n) is 7.44. The van der Waals surface area contributed by atoms with Gasteiger partial charge in [0, 0.05) is 24.9 Å². The topological polar surface area (TPSA) is 141 Å². The summed E-state index contributed by atoms with van der Waals surface area (Å²) < 4.78 is 7.16. The zero-order chi connectivity index (χ0) is 18.5. The fourth-order valence-electron chi connectivity index (χ4n) is 2.04. The largest absolute Gasteiger partial charge is 0.437 e. The molecule has 10 heteroatoms. The maximum atomic E-state index is 12.3. The third-order valence-corrected chi connectivity index (χ3v) is 3.27. The van der Waals surface area contributed by atoms with Gasteiger partial charge >= 0.3 is 0 Å². The average Bonchev–Trinajstić information content (AvgIpc) is 3.06. The molecule has 3 rings (SSSR count). The van der Waals surface area contributed by atoms with Crippen molar-refractivity contribution in [3.05, 3.63) is 60.2 Å². The molecule has 0 fully saturated rings. The van der Waals surface area contributed by atoms with Crippen LogP contribution in [0.1, 0.15) is 16.1 Å². The molecule has 0 aliphatic rings. The molecule has 0 aliphatic heterocycles. The van der Waals surface area contributed by atoms with Gasteiger partial charge < -0.3 is 21.0 Å². The van der Waals surface area contributed by atoms with Crippen molar-refractivity contribution < 1.29 is 14.7 Å². The van der Waals surface area contributed by atoms with Crippen molar-refractivity contribution in [2.45, 2.75) is 0 Å². The minimum Gasteiger partial charge on any atom is -0.437 e. The second kappa shape index (κ2) is 7.30. The number of carbonyl (C=O) groups excluding carboxylic acids is 1. The number of hydrogen-bond donors (Lipinski definition) is 3. The lowest BCUT2D eigenvalue weighted by molar-refractivity contribution is 0.102. The number of amides is 1. The molecule has 0 saturated heterocycles. The molecule has 2 heterocycles. The van der Waals surface area contributed by atoms with Gasteiger partial charge in [-0.2, -0.15) is 5.10 Å². The van der Waals surface area contributed by atoms with Crippen LogP contribution in [-0.2, 0) is 7.05 Å². The zero-order valence-corrected chi connectivity index (χ0v) is 13.7. The predicted octanol–water partition coefficient (Wildman–Crippen LogP) is 1.35. The summed E-state index contributed by atoms with van der Waals surface area (Å²) in [5.74, 6) is 0.583. The molecule has 4 N–H and O–H groups in total. The van der Waals surface area contributed by atoms with Gasteiger partial charge in [-0.15, -0.1) is 0 Å². The van der Waals surface area contributed by atoms with Crippen molar-refractivity contribution in [3.8, 4) is 11.6 Å². The molecule has 0 bridgehead atoms. The number of rotatable bonds is 5. The van der Waals surface area contributed by atoms with Crippen molar-refractivity contribution in [1.29, 1.82) is 0 Å². The first-order valence-corrected chi connectivity index (χ1v) is 7.44. The molecule has 26 heavy (non-hydrogen) atoms. The molecular formula is C16H15N7O3. The minimum atomic E-state index is -0.317. The molecule has 0 unspecified atom stereocenters. The molecule has 0 aliphatic carbocycles. The van der Waals surface area contributed by atoms with E-state index >= 15 is 0 Å². The van der Waals surface area contributed by atoms with Gasteiger partial charge in [-0.05, 0) is 18.2 Å². The summed E-state index contributed by atoms with van der Waals surface area (Å²) in [7, 11) is 1.76. The van der Waals surface area contributed by atoms with Crippen LogP contribution in [0, 0.1) is 0 Å². The van der Waals surface area contributed by atoms with Crippen LogP contribution in [0.4, 0.5) is 5.82 Å². The number of aryl methyl sites for hydroxylation is 1. The normalized spacial score (nSPS) is 11.2. The fourth-order valence-corrected chi connectivity index (χ4v) is 2.04. The SMILES string of the molecule is Cn1ccc(NC(=O)c2cccc(Oc3cnc(/C(N)=N/O)cn3)c2)n1. The number of hydrogen-bond acceptors (Lipinski definition) is 7. The summed E-state index contributed by atoms with van der Waals surface area (Å²) >= 11 is 0. The quantitative estimate of drug-likeness (QED) is 0.272. The summed E-state index contributed by atoms with van der Waals surface area (Å²) in [6.07, 6.45) is 4.36. The Balaban J connectivity index is 1.71. The summed E-state index contributed by atoms with van der Waals surface area (Å²) in [5, 5.41) is 18.2. The molecule has 132 valence electrons. The standard InChI is InChI=1S/C16H15N7O3/c1-23-6-5-13(21-23)20-16(24)10-3-2-4-11(7-10)26-14-9-18-12(8-19-14)15(17)22-25/h2-9,25H,1H3,(H2,17,22)(H,20,21,24). The van der Waals surface area contributed by atoms with E-state index in [0.29, 0.717) is 17.1 Å². The monoisotopic (exact) mass is 353 g/mol. The van der Waals surface area contributed by atoms with E-state index in [1.807, 2.05) is 0 Å². The Bertz CT molecular complexity index is 950. The van der Waals surface area contributed by atoms with Gasteiger partial charge in [0.2, 0.25) is 5.88 Å². The van der Waals surface area contributed by atoms with E-state index in [2.05, 4.69) is 25.5 Å². The number of aromatic nitrogens is 4. The van der Waals surface area contributed by atoms with Gasteiger partial charge in [0.15, 0.2) is 11.7 Å². The maximum Gasteiger partial charge on any atom is 0.256 e. The number of ether oxygens (including phenoxy) is 1. The van der Waals surface area contributed by atoms with Crippen LogP contribution in [0.3, 0.4) is 0 Å². The van der Waals surface area contributed by atoms with Gasteiger partial charge in [0.25, 0.3) is 5.91 Å². The van der Waals surface area contributed by atoms with Crippen molar-refractivity contribution >= 4 is 17.6 Å². The first-order chi connectivity index (χ1) is 12.5. The lowest BCUT2D eigenvalue weighted by Crippen LogP contribution is -2.15. The Labute approximate surface area is 147 Å². The molecule has 2 aromatic heterocycles. The van der Waals surface area contributed by atoms with E-state index in [1.165, 1.54) is 12.4 Å². The molecule has 1 aromatic carbocycles. The molecule has 10 nitrogen and oxygen atoms in total. The Kier molecular flexibility index (Phi) is 4.74. The summed E-state index contributed by atoms with van der Waals surface area (Å²) in [6.45, 7) is 0. The van der Waals surface area contributed by atoms with Gasteiger partial charge in [-0.1, -0.05) is 11.2 Å². The molecule has 0 atom stereocenters. The number of oxime groups is 1. The summed E-state index contributed by atoms with van der Waals surface area (Å²) in [4.78, 5) is 20.3. The van der Waals surface area contributed by atoms with E-state index < -0.39 is 0 Å². The minimum absolute atomic E-state index is 0.155. The summed E-state index contributed by atoms with van der Waals surface area (Å²) in [5.41, 5.74) is 6.03. The zero-order valence-electron chi connectivity index (χ0n) is 13.7. The van der Waals surface area contributed by atoms with E-state index in [-0.39, 0.29) is 23.3 Å². The van der Waals surface area contributed by atoms with Crippen LogP contribution in [0.25, 0.3) is 0 Å². The van der Waals surface area contributed by atoms with E-state index in [1.54, 1.807) is 48.3 Å². The van der Waals surface area contributed by atoms with Crippen molar-refractivity contribution in [2.24, 2.45) is 17.9 Å². The third-order valence-electron chi connectivity index (χ3n) is 3.27. The Morgan fingerprint density at radius 2 is 2.15 bits per heavy atom. The maximum absolute atomic E-state index is 12.3. The lowest BCUT2D eigenvalue weighted by atomic mass is 10.2. The number of nitrogens with two attached hydrogens (primary N) is 1. The first kappa shape index (κ1) is 16.9. The van der Waals surface area contributed by atoms with Crippen LogP contribution in [-0.4, -0.2) is 36.7 Å². The Hall–Kier alpha value is -3.95. The molecule has 0 radical (unpaired) electrons. The molecule has 0 saturated carbocycles. The van der Waals surface area contributed by atoms with Crippen LogP contribution >= 0.6 is 0 Å². The molecular weight excluding hydrogens is 338 g/mol. The highest BCUT2D eigenvalue weighted by Crippen LogP contribution is 2.20. The second-order valence-electron chi connectivity index (χ2n) is 5.18. The second-order valence-corrected chi connectivity index (χ2v) is 5.18. The number of carbonyl (C=O) groups is 1. The number of anilines is 1. The van der Waals surface area contributed by atoms with Crippen LogP contribution in [0.15, 0.2) is 54.1 Å². The highest BCUT2D eigenvalue weighted by atomic mass is 16.5. The van der Waals surface area contributed by atoms with E-state index in [9.17, 15) is 4.79 Å². The number of amidine groups is 1. The smallest absolute Gasteiger partial charge is 0.256 e. The van der Waals surface area contributed by atoms with E-state index in [4.69, 9.17) is 15.7 Å². The molecule has 3 aromatic rings. The van der Waals surface area contributed by atoms with Crippen molar-refractivity contribution in [2.75, 3.05) is 5.32 Å².